The molecule has 0 atom stereocenters. The van der Waals surface area contributed by atoms with Crippen LogP contribution < -0.4 is 5.32 Å². The number of carbonyl (C=O) groups excluding carboxylic acids is 2. The van der Waals surface area contributed by atoms with Crippen LogP contribution in [-0.2, 0) is 16.1 Å². The molecule has 6 heteroatoms. The highest BCUT2D eigenvalue weighted by molar-refractivity contribution is 7.11. The van der Waals surface area contributed by atoms with Crippen molar-refractivity contribution in [1.82, 2.24) is 15.2 Å². The molecule has 1 spiro atoms. The van der Waals surface area contributed by atoms with E-state index in [4.69, 9.17) is 0 Å². The van der Waals surface area contributed by atoms with Gasteiger partial charge >= 0.3 is 0 Å². The first kappa shape index (κ1) is 13.5. The van der Waals surface area contributed by atoms with Gasteiger partial charge in [0.05, 0.1) is 11.6 Å². The SMILES string of the molecule is Cc1ncc(CN2CC(=O)NC3(CCCCC3)C2=O)s1. The van der Waals surface area contributed by atoms with Crippen molar-refractivity contribution in [1.29, 1.82) is 0 Å². The van der Waals surface area contributed by atoms with Crippen molar-refractivity contribution < 1.29 is 9.59 Å². The molecule has 0 aromatic carbocycles. The number of hydrogen-bond donors (Lipinski definition) is 1. The van der Waals surface area contributed by atoms with Crippen molar-refractivity contribution in [3.05, 3.63) is 16.1 Å². The van der Waals surface area contributed by atoms with Gasteiger partial charge in [0, 0.05) is 11.1 Å². The highest BCUT2D eigenvalue weighted by Gasteiger charge is 2.46. The maximum absolute atomic E-state index is 12.8. The molecule has 1 aromatic rings. The lowest BCUT2D eigenvalue weighted by Crippen LogP contribution is -2.66. The Morgan fingerprint density at radius 2 is 2.10 bits per heavy atom. The Labute approximate surface area is 122 Å². The van der Waals surface area contributed by atoms with Crippen molar-refractivity contribution in [2.24, 2.45) is 0 Å². The Bertz CT molecular complexity index is 534. The van der Waals surface area contributed by atoms with Gasteiger partial charge < -0.3 is 10.2 Å². The Morgan fingerprint density at radius 3 is 2.75 bits per heavy atom. The lowest BCUT2D eigenvalue weighted by Gasteiger charge is -2.44. The number of piperazine rings is 1. The van der Waals surface area contributed by atoms with E-state index in [2.05, 4.69) is 10.3 Å². The summed E-state index contributed by atoms with van der Waals surface area (Å²) in [6.45, 7) is 2.61. The number of aromatic nitrogens is 1. The van der Waals surface area contributed by atoms with Gasteiger partial charge in [-0.1, -0.05) is 19.3 Å². The number of aryl methyl sites for hydroxylation is 1. The number of nitrogens with one attached hydrogen (secondary N) is 1. The molecule has 2 amide bonds. The molecule has 1 aliphatic heterocycles. The largest absolute Gasteiger partial charge is 0.340 e. The van der Waals surface area contributed by atoms with E-state index in [9.17, 15) is 9.59 Å². The van der Waals surface area contributed by atoms with Crippen molar-refractivity contribution in [2.45, 2.75) is 51.1 Å². The highest BCUT2D eigenvalue weighted by Crippen LogP contribution is 2.32. The zero-order valence-corrected chi connectivity index (χ0v) is 12.5. The minimum absolute atomic E-state index is 0.0345. The quantitative estimate of drug-likeness (QED) is 0.901. The first-order valence-corrected chi connectivity index (χ1v) is 7.92. The summed E-state index contributed by atoms with van der Waals surface area (Å²) in [4.78, 5) is 31.7. The summed E-state index contributed by atoms with van der Waals surface area (Å²) in [7, 11) is 0. The lowest BCUT2D eigenvalue weighted by atomic mass is 9.79. The van der Waals surface area contributed by atoms with Crippen LogP contribution in [0.1, 0.15) is 42.0 Å². The van der Waals surface area contributed by atoms with Gasteiger partial charge in [0.25, 0.3) is 0 Å². The molecule has 108 valence electrons. The first-order valence-electron chi connectivity index (χ1n) is 7.11. The van der Waals surface area contributed by atoms with E-state index >= 15 is 0 Å². The normalized spacial score (nSPS) is 22.1. The number of thiazole rings is 1. The van der Waals surface area contributed by atoms with Gasteiger partial charge in [-0.05, 0) is 19.8 Å². The van der Waals surface area contributed by atoms with Gasteiger partial charge in [0.2, 0.25) is 11.8 Å². The van der Waals surface area contributed by atoms with E-state index in [1.54, 1.807) is 22.4 Å². The number of nitrogens with zero attached hydrogens (tertiary/aromatic N) is 2. The summed E-state index contributed by atoms with van der Waals surface area (Å²) in [6, 6.07) is 0. The Morgan fingerprint density at radius 1 is 1.35 bits per heavy atom. The van der Waals surface area contributed by atoms with Crippen molar-refractivity contribution >= 4 is 23.2 Å². The first-order chi connectivity index (χ1) is 9.59. The van der Waals surface area contributed by atoms with Gasteiger partial charge in [-0.3, -0.25) is 9.59 Å². The molecule has 1 saturated carbocycles. The van der Waals surface area contributed by atoms with Crippen LogP contribution in [0, 0.1) is 6.92 Å². The molecule has 5 nitrogen and oxygen atoms in total. The number of carbonyl (C=O) groups is 2. The maximum atomic E-state index is 12.8. The summed E-state index contributed by atoms with van der Waals surface area (Å²) in [5.41, 5.74) is -0.632. The third kappa shape index (κ3) is 2.44. The second-order valence-electron chi connectivity index (χ2n) is 5.70. The third-order valence-corrected chi connectivity index (χ3v) is 5.03. The summed E-state index contributed by atoms with van der Waals surface area (Å²) in [5, 5.41) is 3.95. The fourth-order valence-electron chi connectivity index (χ4n) is 3.20. The van der Waals surface area contributed by atoms with Crippen LogP contribution in [0.2, 0.25) is 0 Å². The Kier molecular flexibility index (Phi) is 3.50. The molecule has 1 saturated heterocycles. The van der Waals surface area contributed by atoms with Crippen molar-refractivity contribution in [3.63, 3.8) is 0 Å². The number of rotatable bonds is 2. The van der Waals surface area contributed by atoms with Crippen LogP contribution in [0.4, 0.5) is 0 Å². The van der Waals surface area contributed by atoms with Gasteiger partial charge in [0.1, 0.15) is 12.1 Å². The van der Waals surface area contributed by atoms with Crippen LogP contribution in [0.25, 0.3) is 0 Å². The average Bonchev–Trinajstić information content (AvgIpc) is 2.82. The molecule has 20 heavy (non-hydrogen) atoms. The summed E-state index contributed by atoms with van der Waals surface area (Å²) in [5.74, 6) is 0.0515. The van der Waals surface area contributed by atoms with Crippen LogP contribution in [0.3, 0.4) is 0 Å². The maximum Gasteiger partial charge on any atom is 0.249 e. The Hall–Kier alpha value is -1.43. The van der Waals surface area contributed by atoms with Crippen LogP contribution in [-0.4, -0.2) is 33.8 Å². The van der Waals surface area contributed by atoms with Crippen molar-refractivity contribution in [3.8, 4) is 0 Å². The summed E-state index contributed by atoms with van der Waals surface area (Å²) in [6.07, 6.45) is 6.52. The second-order valence-corrected chi connectivity index (χ2v) is 7.02. The molecule has 0 bridgehead atoms. The lowest BCUT2D eigenvalue weighted by molar-refractivity contribution is -0.152. The predicted octanol–water partition coefficient (Wildman–Crippen LogP) is 1.61. The van der Waals surface area contributed by atoms with Gasteiger partial charge in [-0.2, -0.15) is 0 Å². The molecule has 0 radical (unpaired) electrons. The fourth-order valence-corrected chi connectivity index (χ4v) is 4.01. The van der Waals surface area contributed by atoms with Gasteiger partial charge in [-0.15, -0.1) is 11.3 Å². The molecule has 1 N–H and O–H groups in total. The standard InChI is InChI=1S/C14H19N3O2S/c1-10-15-7-11(20-10)8-17-9-12(18)16-14(13(17)19)5-3-2-4-6-14/h7H,2-6,8-9H2,1H3,(H,16,18). The average molecular weight is 293 g/mol. The topological polar surface area (TPSA) is 62.3 Å². The fraction of sp³-hybridized carbons (Fsp3) is 0.643. The summed E-state index contributed by atoms with van der Waals surface area (Å²) < 4.78 is 0. The third-order valence-electron chi connectivity index (χ3n) is 4.13. The van der Waals surface area contributed by atoms with Gasteiger partial charge in [-0.25, -0.2) is 4.98 Å². The summed E-state index contributed by atoms with van der Waals surface area (Å²) >= 11 is 1.58. The minimum Gasteiger partial charge on any atom is -0.340 e. The molecular weight excluding hydrogens is 274 g/mol. The Balaban J connectivity index is 1.80. The molecule has 2 fully saturated rings. The van der Waals surface area contributed by atoms with Crippen LogP contribution in [0.15, 0.2) is 6.20 Å². The van der Waals surface area contributed by atoms with Crippen LogP contribution in [0.5, 0.6) is 0 Å². The monoisotopic (exact) mass is 293 g/mol. The number of hydrogen-bond acceptors (Lipinski definition) is 4. The van der Waals surface area contributed by atoms with Crippen molar-refractivity contribution in [2.75, 3.05) is 6.54 Å². The molecular formula is C14H19N3O2S. The zero-order valence-electron chi connectivity index (χ0n) is 11.6. The molecule has 2 heterocycles. The molecule has 0 unspecified atom stereocenters. The zero-order chi connectivity index (χ0) is 14.2. The van der Waals surface area contributed by atoms with E-state index in [0.29, 0.717) is 6.54 Å². The smallest absolute Gasteiger partial charge is 0.249 e. The molecule has 1 aromatic heterocycles. The van der Waals surface area contributed by atoms with E-state index in [1.165, 1.54) is 0 Å². The molecule has 2 aliphatic rings. The van der Waals surface area contributed by atoms with E-state index in [0.717, 1.165) is 42.0 Å². The molecule has 1 aliphatic carbocycles. The van der Waals surface area contributed by atoms with E-state index in [-0.39, 0.29) is 18.4 Å². The van der Waals surface area contributed by atoms with Crippen LogP contribution >= 0.6 is 11.3 Å². The number of amides is 2. The predicted molar refractivity (Wildman–Crippen MR) is 76.2 cm³/mol. The highest BCUT2D eigenvalue weighted by atomic mass is 32.1. The van der Waals surface area contributed by atoms with Gasteiger partial charge in [0.15, 0.2) is 0 Å². The molecule has 3 rings (SSSR count). The second kappa shape index (κ2) is 5.16. The van der Waals surface area contributed by atoms with E-state index < -0.39 is 5.54 Å². The van der Waals surface area contributed by atoms with E-state index in [1.807, 2.05) is 6.92 Å². The minimum atomic E-state index is -0.632.